The van der Waals surface area contributed by atoms with Crippen LogP contribution in [0.4, 0.5) is 0 Å². The van der Waals surface area contributed by atoms with Crippen LogP contribution in [0.2, 0.25) is 0 Å². The van der Waals surface area contributed by atoms with E-state index in [2.05, 4.69) is 41.5 Å². The van der Waals surface area contributed by atoms with Crippen molar-refractivity contribution in [2.24, 2.45) is 0 Å². The third-order valence-corrected chi connectivity index (χ3v) is 7.69. The molecule has 1 heterocycles. The molecule has 1 aliphatic heterocycles. The van der Waals surface area contributed by atoms with Crippen LogP contribution in [0.5, 0.6) is 0 Å². The first kappa shape index (κ1) is 12.5. The van der Waals surface area contributed by atoms with Gasteiger partial charge in [0, 0.05) is 34.5 Å². The van der Waals surface area contributed by atoms with E-state index in [0.717, 1.165) is 0 Å². The van der Waals surface area contributed by atoms with Crippen LogP contribution in [0.15, 0.2) is 0 Å². The van der Waals surface area contributed by atoms with E-state index in [1.54, 1.807) is 0 Å². The molecular weight excluding hydrogens is 236 g/mol. The van der Waals surface area contributed by atoms with Gasteiger partial charge < -0.3 is 0 Å². The lowest BCUT2D eigenvalue weighted by molar-refractivity contribution is 1.41. The van der Waals surface area contributed by atoms with Gasteiger partial charge in [0.2, 0.25) is 0 Å². The Morgan fingerprint density at radius 3 is 1.54 bits per heavy atom. The molecule has 0 saturated carbocycles. The molecule has 13 heavy (non-hydrogen) atoms. The summed E-state index contributed by atoms with van der Waals surface area (Å²) in [6.45, 7) is 0. The first-order chi connectivity index (χ1) is 6.39. The standard InChI is InChI=1S/C9H19S4/c1-13-8-6-11-4-2-10-3-5-12-7-9-13/h2-9H2,1H3/q+1. The van der Waals surface area contributed by atoms with E-state index in [1.807, 2.05) is 0 Å². The van der Waals surface area contributed by atoms with Crippen LogP contribution in [0.1, 0.15) is 0 Å². The van der Waals surface area contributed by atoms with Crippen molar-refractivity contribution in [2.75, 3.05) is 52.3 Å². The molecule has 1 saturated heterocycles. The lowest BCUT2D eigenvalue weighted by Crippen LogP contribution is -2.14. The van der Waals surface area contributed by atoms with Gasteiger partial charge in [0.1, 0.15) is 11.5 Å². The molecule has 4 heteroatoms. The van der Waals surface area contributed by atoms with Gasteiger partial charge in [-0.15, -0.1) is 0 Å². The second kappa shape index (κ2) is 8.69. The first-order valence-electron chi connectivity index (χ1n) is 4.72. The van der Waals surface area contributed by atoms with E-state index in [9.17, 15) is 0 Å². The Kier molecular flexibility index (Phi) is 8.33. The summed E-state index contributed by atoms with van der Waals surface area (Å²) in [6, 6.07) is 0. The summed E-state index contributed by atoms with van der Waals surface area (Å²) in [5.74, 6) is 11.2. The maximum atomic E-state index is 2.43. The Balaban J connectivity index is 2.11. The molecule has 0 unspecified atom stereocenters. The normalized spacial score (nSPS) is 24.7. The molecule has 1 rings (SSSR count). The first-order valence-corrected chi connectivity index (χ1v) is 10.2. The summed E-state index contributed by atoms with van der Waals surface area (Å²) in [5.41, 5.74) is 0. The minimum absolute atomic E-state index is 0.701. The van der Waals surface area contributed by atoms with Crippen molar-refractivity contribution in [3.8, 4) is 0 Å². The van der Waals surface area contributed by atoms with Crippen molar-refractivity contribution >= 4 is 46.2 Å². The lowest BCUT2D eigenvalue weighted by atomic mass is 10.9. The van der Waals surface area contributed by atoms with Crippen molar-refractivity contribution < 1.29 is 0 Å². The zero-order chi connectivity index (χ0) is 9.36. The maximum absolute atomic E-state index is 2.43. The van der Waals surface area contributed by atoms with E-state index < -0.39 is 0 Å². The van der Waals surface area contributed by atoms with Gasteiger partial charge in [-0.3, -0.25) is 0 Å². The van der Waals surface area contributed by atoms with E-state index in [-0.39, 0.29) is 0 Å². The zero-order valence-electron chi connectivity index (χ0n) is 8.29. The highest BCUT2D eigenvalue weighted by molar-refractivity contribution is 8.06. The van der Waals surface area contributed by atoms with Gasteiger partial charge >= 0.3 is 0 Å². The van der Waals surface area contributed by atoms with E-state index in [4.69, 9.17) is 0 Å². The second-order valence-electron chi connectivity index (χ2n) is 3.03. The smallest absolute Gasteiger partial charge is 0.116 e. The maximum Gasteiger partial charge on any atom is 0.116 e. The van der Waals surface area contributed by atoms with Gasteiger partial charge in [0.15, 0.2) is 0 Å². The number of thioether (sulfide) groups is 3. The fraction of sp³-hybridized carbons (Fsp3) is 1.00. The van der Waals surface area contributed by atoms with Crippen molar-refractivity contribution in [3.63, 3.8) is 0 Å². The molecule has 78 valence electrons. The van der Waals surface area contributed by atoms with Gasteiger partial charge in [-0.05, 0) is 10.9 Å². The van der Waals surface area contributed by atoms with Gasteiger partial charge in [-0.1, -0.05) is 0 Å². The molecular formula is C9H19S4+. The Morgan fingerprint density at radius 2 is 1.08 bits per heavy atom. The molecule has 0 amide bonds. The number of hydrogen-bond acceptors (Lipinski definition) is 3. The Bertz CT molecular complexity index is 106. The highest BCUT2D eigenvalue weighted by Crippen LogP contribution is 2.13. The van der Waals surface area contributed by atoms with Crippen LogP contribution in [0.25, 0.3) is 0 Å². The summed E-state index contributed by atoms with van der Waals surface area (Å²) in [7, 11) is 0.701. The van der Waals surface area contributed by atoms with Crippen molar-refractivity contribution in [1.29, 1.82) is 0 Å². The van der Waals surface area contributed by atoms with Gasteiger partial charge in [-0.25, -0.2) is 0 Å². The summed E-state index contributed by atoms with van der Waals surface area (Å²) >= 11 is 6.43. The fourth-order valence-electron chi connectivity index (χ4n) is 1.05. The summed E-state index contributed by atoms with van der Waals surface area (Å²) in [6.07, 6.45) is 2.43. The average Bonchev–Trinajstić information content (AvgIpc) is 2.11. The number of rotatable bonds is 0. The monoisotopic (exact) mass is 255 g/mol. The molecule has 1 fully saturated rings. The molecule has 0 aromatic rings. The Labute approximate surface area is 98.1 Å². The molecule has 0 N–H and O–H groups in total. The Morgan fingerprint density at radius 1 is 0.692 bits per heavy atom. The van der Waals surface area contributed by atoms with Crippen LogP contribution >= 0.6 is 35.3 Å². The molecule has 0 aromatic heterocycles. The van der Waals surface area contributed by atoms with E-state index >= 15 is 0 Å². The third-order valence-electron chi connectivity index (χ3n) is 1.90. The molecule has 0 nitrogen and oxygen atoms in total. The zero-order valence-corrected chi connectivity index (χ0v) is 11.6. The summed E-state index contributed by atoms with van der Waals surface area (Å²) in [4.78, 5) is 0. The highest BCUT2D eigenvalue weighted by Gasteiger charge is 2.10. The molecule has 0 spiro atoms. The molecule has 0 radical (unpaired) electrons. The van der Waals surface area contributed by atoms with Crippen molar-refractivity contribution in [3.05, 3.63) is 0 Å². The predicted octanol–water partition coefficient (Wildman–Crippen LogP) is 2.45. The van der Waals surface area contributed by atoms with E-state index in [1.165, 1.54) is 46.0 Å². The van der Waals surface area contributed by atoms with Gasteiger partial charge in [0.25, 0.3) is 0 Å². The third kappa shape index (κ3) is 7.34. The predicted molar refractivity (Wildman–Crippen MR) is 75.0 cm³/mol. The van der Waals surface area contributed by atoms with Crippen LogP contribution in [-0.4, -0.2) is 52.3 Å². The van der Waals surface area contributed by atoms with Crippen molar-refractivity contribution in [2.45, 2.75) is 0 Å². The molecule has 0 bridgehead atoms. The van der Waals surface area contributed by atoms with Crippen molar-refractivity contribution in [1.82, 2.24) is 0 Å². The quantitative estimate of drug-likeness (QED) is 0.610. The fourth-order valence-corrected chi connectivity index (χ4v) is 6.97. The van der Waals surface area contributed by atoms with E-state index in [0.29, 0.717) is 10.9 Å². The minimum atomic E-state index is 0.701. The molecule has 0 atom stereocenters. The van der Waals surface area contributed by atoms with Crippen LogP contribution in [-0.2, 0) is 10.9 Å². The molecule has 0 aliphatic carbocycles. The van der Waals surface area contributed by atoms with Crippen LogP contribution < -0.4 is 0 Å². The second-order valence-corrected chi connectivity index (χ2v) is 9.08. The average molecular weight is 256 g/mol. The molecule has 0 aromatic carbocycles. The highest BCUT2D eigenvalue weighted by atomic mass is 32.2. The minimum Gasteiger partial charge on any atom is -0.160 e. The molecule has 1 aliphatic rings. The SMILES string of the molecule is C[S+]1CCSCCSCCSCC1. The Hall–Kier alpha value is 1.40. The summed E-state index contributed by atoms with van der Waals surface area (Å²) < 4.78 is 0. The largest absolute Gasteiger partial charge is 0.160 e. The number of hydrogen-bond donors (Lipinski definition) is 0. The van der Waals surface area contributed by atoms with Crippen LogP contribution in [0.3, 0.4) is 0 Å². The topological polar surface area (TPSA) is 0 Å². The van der Waals surface area contributed by atoms with Crippen LogP contribution in [0, 0.1) is 0 Å². The van der Waals surface area contributed by atoms with Gasteiger partial charge in [0.05, 0.1) is 6.26 Å². The summed E-state index contributed by atoms with van der Waals surface area (Å²) in [5, 5.41) is 0. The van der Waals surface area contributed by atoms with Gasteiger partial charge in [-0.2, -0.15) is 35.3 Å². The lowest BCUT2D eigenvalue weighted by Gasteiger charge is -2.06.